The molecule has 2 unspecified atom stereocenters. The summed E-state index contributed by atoms with van der Waals surface area (Å²) in [6.45, 7) is 0.384. The van der Waals surface area contributed by atoms with Crippen molar-refractivity contribution < 1.29 is 5.11 Å². The van der Waals surface area contributed by atoms with Gasteiger partial charge in [0.2, 0.25) is 0 Å². The SMILES string of the molecule is NC1CCC([As]2SCC(CO)S2)CC1. The van der Waals surface area contributed by atoms with Gasteiger partial charge in [0.1, 0.15) is 0 Å². The van der Waals surface area contributed by atoms with Crippen molar-refractivity contribution in [2.24, 2.45) is 5.73 Å². The molecule has 1 saturated heterocycles. The molecule has 0 aromatic carbocycles. The Morgan fingerprint density at radius 1 is 1.29 bits per heavy atom. The van der Waals surface area contributed by atoms with Crippen LogP contribution in [0.2, 0.25) is 4.71 Å². The maximum atomic E-state index is 9.09. The van der Waals surface area contributed by atoms with Crippen LogP contribution < -0.4 is 5.73 Å². The Kier molecular flexibility index (Phi) is 4.57. The molecule has 2 rings (SSSR count). The van der Waals surface area contributed by atoms with Crippen LogP contribution in [-0.2, 0) is 0 Å². The van der Waals surface area contributed by atoms with Crippen LogP contribution in [0.5, 0.6) is 0 Å². The first-order valence-corrected chi connectivity index (χ1v) is 12.7. The first-order chi connectivity index (χ1) is 6.79. The van der Waals surface area contributed by atoms with Crippen LogP contribution in [-0.4, -0.2) is 41.1 Å². The molecule has 3 N–H and O–H groups in total. The summed E-state index contributed by atoms with van der Waals surface area (Å²) < 4.78 is 0.994. The molecular formula is C9H18AsNOS2. The van der Waals surface area contributed by atoms with E-state index in [1.807, 2.05) is 0 Å². The van der Waals surface area contributed by atoms with Crippen LogP contribution in [0, 0.1) is 0 Å². The van der Waals surface area contributed by atoms with Crippen LogP contribution in [0.3, 0.4) is 0 Å². The van der Waals surface area contributed by atoms with Crippen molar-refractivity contribution in [3.63, 3.8) is 0 Å². The summed E-state index contributed by atoms with van der Waals surface area (Å²) in [5.74, 6) is 1.20. The van der Waals surface area contributed by atoms with E-state index in [0.29, 0.717) is 17.9 Å². The minimum atomic E-state index is -0.717. The average Bonchev–Trinajstić information content (AvgIpc) is 2.67. The van der Waals surface area contributed by atoms with Crippen LogP contribution in [0.4, 0.5) is 0 Å². The molecule has 5 heteroatoms. The molecule has 14 heavy (non-hydrogen) atoms. The second-order valence-corrected chi connectivity index (χ2v) is 16.5. The summed E-state index contributed by atoms with van der Waals surface area (Å²) in [4.78, 5) is 0. The van der Waals surface area contributed by atoms with Crippen molar-refractivity contribution in [3.05, 3.63) is 0 Å². The molecule has 0 bridgehead atoms. The Hall–Kier alpha value is 1.18. The molecular weight excluding hydrogens is 277 g/mol. The standard InChI is InChI=1S/C9H18AsNOS2/c11-8-3-1-7(2-4-8)10-13-6-9(5-12)14-10/h7-9,12H,1-6,11H2. The third kappa shape index (κ3) is 2.85. The van der Waals surface area contributed by atoms with Gasteiger partial charge in [-0.25, -0.2) is 0 Å². The van der Waals surface area contributed by atoms with E-state index in [0.717, 1.165) is 4.71 Å². The topological polar surface area (TPSA) is 46.2 Å². The molecule has 0 amide bonds. The summed E-state index contributed by atoms with van der Waals surface area (Å²) in [5, 5.41) is 9.64. The Morgan fingerprint density at radius 2 is 2.00 bits per heavy atom. The van der Waals surface area contributed by atoms with E-state index in [4.69, 9.17) is 10.8 Å². The van der Waals surface area contributed by atoms with Gasteiger partial charge in [0.05, 0.1) is 0 Å². The van der Waals surface area contributed by atoms with Gasteiger partial charge in [-0.15, -0.1) is 0 Å². The number of aliphatic hydroxyl groups excluding tert-OH is 1. The van der Waals surface area contributed by atoms with Gasteiger partial charge >= 0.3 is 97.3 Å². The van der Waals surface area contributed by atoms with Crippen molar-refractivity contribution in [1.82, 2.24) is 0 Å². The summed E-state index contributed by atoms with van der Waals surface area (Å²) >= 11 is -0.717. The van der Waals surface area contributed by atoms with Crippen LogP contribution in [0.1, 0.15) is 25.7 Å². The molecule has 2 aliphatic rings. The second-order valence-electron chi connectivity index (χ2n) is 4.06. The third-order valence-electron chi connectivity index (χ3n) is 2.88. The van der Waals surface area contributed by atoms with E-state index >= 15 is 0 Å². The van der Waals surface area contributed by atoms with Crippen LogP contribution in [0.25, 0.3) is 0 Å². The molecule has 2 fully saturated rings. The molecule has 0 aromatic heterocycles. The van der Waals surface area contributed by atoms with Crippen molar-refractivity contribution in [2.75, 3.05) is 12.4 Å². The number of aliphatic hydroxyl groups is 1. The predicted molar refractivity (Wildman–Crippen MR) is 66.9 cm³/mol. The zero-order valence-corrected chi connectivity index (χ0v) is 11.8. The fourth-order valence-corrected chi connectivity index (χ4v) is 20.0. The summed E-state index contributed by atoms with van der Waals surface area (Å²) in [6.07, 6.45) is 5.19. The molecule has 1 aliphatic heterocycles. The van der Waals surface area contributed by atoms with E-state index in [1.54, 1.807) is 0 Å². The molecule has 1 heterocycles. The van der Waals surface area contributed by atoms with Gasteiger partial charge in [-0.3, -0.25) is 0 Å². The van der Waals surface area contributed by atoms with Gasteiger partial charge in [0.15, 0.2) is 0 Å². The zero-order chi connectivity index (χ0) is 9.97. The minimum absolute atomic E-state index is 0.384. The van der Waals surface area contributed by atoms with Crippen molar-refractivity contribution in [1.29, 1.82) is 0 Å². The number of nitrogens with two attached hydrogens (primary N) is 1. The Morgan fingerprint density at radius 3 is 2.57 bits per heavy atom. The van der Waals surface area contributed by atoms with Gasteiger partial charge in [-0.05, 0) is 0 Å². The van der Waals surface area contributed by atoms with E-state index < -0.39 is 12.3 Å². The molecule has 0 radical (unpaired) electrons. The first-order valence-electron chi connectivity index (χ1n) is 5.25. The van der Waals surface area contributed by atoms with Crippen molar-refractivity contribution >= 4 is 32.4 Å². The molecule has 82 valence electrons. The maximum absolute atomic E-state index is 9.09. The molecule has 0 spiro atoms. The van der Waals surface area contributed by atoms with Gasteiger partial charge in [0.25, 0.3) is 0 Å². The zero-order valence-electron chi connectivity index (χ0n) is 8.26. The van der Waals surface area contributed by atoms with Gasteiger partial charge in [0, 0.05) is 0 Å². The third-order valence-corrected chi connectivity index (χ3v) is 18.9. The van der Waals surface area contributed by atoms with E-state index in [2.05, 4.69) is 20.0 Å². The number of rotatable bonds is 2. The quantitative estimate of drug-likeness (QED) is 0.760. The summed E-state index contributed by atoms with van der Waals surface area (Å²) in [5.41, 5.74) is 5.91. The second kappa shape index (κ2) is 5.49. The average molecular weight is 295 g/mol. The fraction of sp³-hybridized carbons (Fsp3) is 1.00. The van der Waals surface area contributed by atoms with Gasteiger partial charge in [-0.1, -0.05) is 0 Å². The Bertz CT molecular complexity index is 188. The van der Waals surface area contributed by atoms with Crippen molar-refractivity contribution in [2.45, 2.75) is 41.7 Å². The van der Waals surface area contributed by atoms with Crippen molar-refractivity contribution in [3.8, 4) is 0 Å². The number of hydrogen-bond donors (Lipinski definition) is 2. The van der Waals surface area contributed by atoms with Gasteiger partial charge < -0.3 is 0 Å². The normalized spacial score (nSPS) is 44.1. The predicted octanol–water partition coefficient (Wildman–Crippen LogP) is 1.59. The monoisotopic (exact) mass is 295 g/mol. The van der Waals surface area contributed by atoms with E-state index in [-0.39, 0.29) is 0 Å². The van der Waals surface area contributed by atoms with Gasteiger partial charge in [-0.2, -0.15) is 0 Å². The molecule has 1 aliphatic carbocycles. The fourth-order valence-electron chi connectivity index (χ4n) is 1.95. The van der Waals surface area contributed by atoms with Crippen LogP contribution in [0.15, 0.2) is 0 Å². The first kappa shape index (κ1) is 11.7. The van der Waals surface area contributed by atoms with E-state index in [1.165, 1.54) is 31.4 Å². The summed E-state index contributed by atoms with van der Waals surface area (Å²) in [6, 6.07) is 0.478. The molecule has 1 saturated carbocycles. The Balaban J connectivity index is 1.79. The Labute approximate surface area is 97.0 Å². The summed E-state index contributed by atoms with van der Waals surface area (Å²) in [7, 11) is 4.33. The number of hydrogen-bond acceptors (Lipinski definition) is 4. The molecule has 2 atom stereocenters. The molecule has 0 aromatic rings. The van der Waals surface area contributed by atoms with Crippen LogP contribution >= 0.6 is 20.0 Å². The molecule has 2 nitrogen and oxygen atoms in total. The van der Waals surface area contributed by atoms with E-state index in [9.17, 15) is 0 Å².